The first-order valence-corrected chi connectivity index (χ1v) is 14.8. The van der Waals surface area contributed by atoms with Crippen LogP contribution >= 0.6 is 0 Å². The number of carbonyl (C=O) groups is 3. The van der Waals surface area contributed by atoms with Gasteiger partial charge in [-0.3, -0.25) is 14.9 Å². The number of alkyl carbamates (subject to hydrolysis) is 1. The lowest BCUT2D eigenvalue weighted by Gasteiger charge is -2.36. The van der Waals surface area contributed by atoms with Crippen molar-refractivity contribution in [2.45, 2.75) is 63.6 Å². The highest BCUT2D eigenvalue weighted by atomic mass is 19.1. The fourth-order valence-corrected chi connectivity index (χ4v) is 5.91. The average Bonchev–Trinajstić information content (AvgIpc) is 2.99. The van der Waals surface area contributed by atoms with Crippen LogP contribution in [0, 0.1) is 11.7 Å². The second-order valence-electron chi connectivity index (χ2n) is 11.4. The van der Waals surface area contributed by atoms with E-state index in [1.807, 2.05) is 36.4 Å². The number of hydrogen-bond donors (Lipinski definition) is 3. The molecule has 5 rings (SSSR count). The van der Waals surface area contributed by atoms with E-state index in [4.69, 9.17) is 4.74 Å². The summed E-state index contributed by atoms with van der Waals surface area (Å²) < 4.78 is 20.2. The van der Waals surface area contributed by atoms with E-state index < -0.39 is 17.8 Å². The predicted octanol–water partition coefficient (Wildman–Crippen LogP) is 4.04. The third kappa shape index (κ3) is 8.19. The zero-order chi connectivity index (χ0) is 28.6. The summed E-state index contributed by atoms with van der Waals surface area (Å²) >= 11 is 0. The molecular weight excluding hydrogens is 525 g/mol. The molecule has 220 valence electrons. The Kier molecular flexibility index (Phi) is 9.71. The van der Waals surface area contributed by atoms with Gasteiger partial charge >= 0.3 is 6.09 Å². The topological polar surface area (TPSA) is 103 Å². The Balaban J connectivity index is 0.977. The molecule has 3 aliphatic rings. The molecule has 3 saturated heterocycles. The van der Waals surface area contributed by atoms with Crippen molar-refractivity contribution in [3.63, 3.8) is 0 Å². The van der Waals surface area contributed by atoms with Crippen LogP contribution in [-0.4, -0.2) is 67.6 Å². The van der Waals surface area contributed by atoms with Crippen molar-refractivity contribution < 1.29 is 23.5 Å². The Hall–Kier alpha value is -3.66. The van der Waals surface area contributed by atoms with Crippen LogP contribution in [0.15, 0.2) is 48.5 Å². The number of halogens is 1. The van der Waals surface area contributed by atoms with Gasteiger partial charge in [0.05, 0.1) is 5.69 Å². The molecule has 0 bridgehead atoms. The molecular formula is C31H40FN5O4. The van der Waals surface area contributed by atoms with E-state index in [0.717, 1.165) is 76.1 Å². The number of benzene rings is 2. The van der Waals surface area contributed by atoms with Gasteiger partial charge in [0.1, 0.15) is 18.5 Å². The molecule has 2 aromatic rings. The standard InChI is InChI=1S/C31H40FN5O4/c32-26-20-25(6-7-27(26)34-28-8-9-29(38)35-30(28)39)37-18-11-22(12-19-37)10-15-36-16-13-24(14-17-36)33-31(40)41-21-23-4-2-1-3-5-23/h1-7,20,22,24,28,34H,8-19,21H2,(H,33,40)(H,35,38,39). The van der Waals surface area contributed by atoms with Crippen LogP contribution in [0.5, 0.6) is 0 Å². The second kappa shape index (κ2) is 13.8. The number of carbonyl (C=O) groups excluding carboxylic acids is 3. The highest BCUT2D eigenvalue weighted by Crippen LogP contribution is 2.29. The molecule has 0 saturated carbocycles. The Morgan fingerprint density at radius 2 is 1.73 bits per heavy atom. The first-order chi connectivity index (χ1) is 19.9. The molecule has 3 N–H and O–H groups in total. The fraction of sp³-hybridized carbons (Fsp3) is 0.516. The minimum atomic E-state index is -0.604. The van der Waals surface area contributed by atoms with Crippen molar-refractivity contribution in [2.75, 3.05) is 42.9 Å². The normalized spacial score (nSPS) is 20.9. The molecule has 0 aromatic heterocycles. The molecule has 0 spiro atoms. The van der Waals surface area contributed by atoms with Crippen LogP contribution in [0.3, 0.4) is 0 Å². The molecule has 3 amide bonds. The molecule has 3 heterocycles. The number of likely N-dealkylation sites (tertiary alicyclic amines) is 1. The number of imide groups is 1. The van der Waals surface area contributed by atoms with Gasteiger partial charge < -0.3 is 25.2 Å². The number of anilines is 2. The second-order valence-corrected chi connectivity index (χ2v) is 11.4. The van der Waals surface area contributed by atoms with Crippen molar-refractivity contribution >= 4 is 29.3 Å². The maximum atomic E-state index is 14.9. The predicted molar refractivity (Wildman–Crippen MR) is 155 cm³/mol. The van der Waals surface area contributed by atoms with Gasteiger partial charge in [-0.15, -0.1) is 0 Å². The van der Waals surface area contributed by atoms with Gasteiger partial charge in [-0.25, -0.2) is 9.18 Å². The summed E-state index contributed by atoms with van der Waals surface area (Å²) in [6, 6.07) is 14.4. The number of rotatable bonds is 9. The molecule has 1 atom stereocenters. The molecule has 3 fully saturated rings. The van der Waals surface area contributed by atoms with Crippen LogP contribution in [0.2, 0.25) is 0 Å². The van der Waals surface area contributed by atoms with Crippen molar-refractivity contribution in [1.82, 2.24) is 15.5 Å². The first kappa shape index (κ1) is 28.9. The quantitative estimate of drug-likeness (QED) is 0.395. The lowest BCUT2D eigenvalue weighted by Crippen LogP contribution is -2.47. The molecule has 2 aromatic carbocycles. The number of piperidine rings is 3. The van der Waals surface area contributed by atoms with Crippen molar-refractivity contribution in [3.05, 3.63) is 59.9 Å². The largest absolute Gasteiger partial charge is 0.445 e. The Morgan fingerprint density at radius 1 is 0.976 bits per heavy atom. The number of nitrogens with one attached hydrogen (secondary N) is 3. The highest BCUT2D eigenvalue weighted by Gasteiger charge is 2.28. The van der Waals surface area contributed by atoms with E-state index >= 15 is 0 Å². The smallest absolute Gasteiger partial charge is 0.407 e. The summed E-state index contributed by atoms with van der Waals surface area (Å²) in [5.41, 5.74) is 2.11. The zero-order valence-electron chi connectivity index (χ0n) is 23.4. The van der Waals surface area contributed by atoms with Crippen molar-refractivity contribution in [1.29, 1.82) is 0 Å². The van der Waals surface area contributed by atoms with Crippen molar-refractivity contribution in [3.8, 4) is 0 Å². The fourth-order valence-electron chi connectivity index (χ4n) is 5.91. The van der Waals surface area contributed by atoms with Gasteiger partial charge in [0.2, 0.25) is 11.8 Å². The Morgan fingerprint density at radius 3 is 2.44 bits per heavy atom. The van der Waals surface area contributed by atoms with Gasteiger partial charge in [0, 0.05) is 44.3 Å². The third-order valence-corrected chi connectivity index (χ3v) is 8.48. The summed E-state index contributed by atoms with van der Waals surface area (Å²) in [6.45, 7) is 5.07. The minimum Gasteiger partial charge on any atom is -0.445 e. The summed E-state index contributed by atoms with van der Waals surface area (Å²) in [6.07, 6.45) is 5.41. The number of amides is 3. The van der Waals surface area contributed by atoms with Gasteiger partial charge in [0.15, 0.2) is 0 Å². The van der Waals surface area contributed by atoms with E-state index in [-0.39, 0.29) is 36.8 Å². The molecule has 0 radical (unpaired) electrons. The molecule has 9 nitrogen and oxygen atoms in total. The molecule has 1 unspecified atom stereocenters. The molecule has 0 aliphatic carbocycles. The molecule has 3 aliphatic heterocycles. The van der Waals surface area contributed by atoms with Gasteiger partial charge in [-0.2, -0.15) is 0 Å². The van der Waals surface area contributed by atoms with Gasteiger partial charge in [-0.1, -0.05) is 30.3 Å². The SMILES string of the molecule is O=C1CCC(Nc2ccc(N3CCC(CCN4CCC(NC(=O)OCc5ccccc5)CC4)CC3)cc2F)C(=O)N1. The zero-order valence-corrected chi connectivity index (χ0v) is 23.4. The monoisotopic (exact) mass is 565 g/mol. The lowest BCUT2D eigenvalue weighted by molar-refractivity contribution is -0.133. The highest BCUT2D eigenvalue weighted by molar-refractivity contribution is 6.01. The lowest BCUT2D eigenvalue weighted by atomic mass is 9.92. The van der Waals surface area contributed by atoms with E-state index in [9.17, 15) is 18.8 Å². The number of ether oxygens (including phenoxy) is 1. The first-order valence-electron chi connectivity index (χ1n) is 14.8. The van der Waals surface area contributed by atoms with E-state index in [1.54, 1.807) is 6.07 Å². The van der Waals surface area contributed by atoms with Crippen LogP contribution in [0.25, 0.3) is 0 Å². The average molecular weight is 566 g/mol. The van der Waals surface area contributed by atoms with Crippen molar-refractivity contribution in [2.24, 2.45) is 5.92 Å². The number of hydrogen-bond acceptors (Lipinski definition) is 7. The Bertz CT molecular complexity index is 1200. The summed E-state index contributed by atoms with van der Waals surface area (Å²) in [7, 11) is 0. The van der Waals surface area contributed by atoms with Crippen LogP contribution in [0.4, 0.5) is 20.6 Å². The summed E-state index contributed by atoms with van der Waals surface area (Å²) in [5.74, 6) is -0.444. The van der Waals surface area contributed by atoms with Crippen LogP contribution < -0.4 is 20.9 Å². The van der Waals surface area contributed by atoms with Gasteiger partial charge in [-0.05, 0) is 74.8 Å². The summed E-state index contributed by atoms with van der Waals surface area (Å²) in [4.78, 5) is 40.2. The molecule has 10 heteroatoms. The maximum Gasteiger partial charge on any atom is 0.407 e. The maximum absolute atomic E-state index is 14.9. The molecule has 41 heavy (non-hydrogen) atoms. The van der Waals surface area contributed by atoms with Gasteiger partial charge in [0.25, 0.3) is 0 Å². The number of nitrogens with zero attached hydrogens (tertiary/aromatic N) is 2. The Labute approximate surface area is 240 Å². The van der Waals surface area contributed by atoms with Crippen LogP contribution in [0.1, 0.15) is 50.5 Å². The summed E-state index contributed by atoms with van der Waals surface area (Å²) in [5, 5.41) is 8.24. The van der Waals surface area contributed by atoms with E-state index in [0.29, 0.717) is 12.3 Å². The third-order valence-electron chi connectivity index (χ3n) is 8.48. The van der Waals surface area contributed by atoms with Crippen LogP contribution in [-0.2, 0) is 20.9 Å². The van der Waals surface area contributed by atoms with E-state index in [1.165, 1.54) is 6.07 Å². The minimum absolute atomic E-state index is 0.156. The van der Waals surface area contributed by atoms with E-state index in [2.05, 4.69) is 25.8 Å².